The van der Waals surface area contributed by atoms with Crippen molar-refractivity contribution in [1.82, 2.24) is 9.97 Å². The summed E-state index contributed by atoms with van der Waals surface area (Å²) in [5.74, 6) is 1.87. The Morgan fingerprint density at radius 2 is 2.24 bits per heavy atom. The highest BCUT2D eigenvalue weighted by atomic mass is 15.2. The summed E-state index contributed by atoms with van der Waals surface area (Å²) < 4.78 is 0. The van der Waals surface area contributed by atoms with E-state index < -0.39 is 0 Å². The molecule has 94 valence electrons. The Kier molecular flexibility index (Phi) is 4.31. The zero-order valence-corrected chi connectivity index (χ0v) is 10.6. The molecule has 0 amide bonds. The van der Waals surface area contributed by atoms with Gasteiger partial charge in [-0.05, 0) is 25.2 Å². The van der Waals surface area contributed by atoms with Crippen molar-refractivity contribution < 1.29 is 0 Å². The largest absolute Gasteiger partial charge is 0.355 e. The summed E-state index contributed by atoms with van der Waals surface area (Å²) in [6, 6.07) is 0. The first-order valence-corrected chi connectivity index (χ1v) is 6.59. The SMILES string of the molecule is CCC1CCCN(c2cncc(CN)n2)CC1. The Hall–Kier alpha value is -1.16. The number of anilines is 1. The summed E-state index contributed by atoms with van der Waals surface area (Å²) in [5, 5.41) is 0. The molecule has 1 aromatic heterocycles. The van der Waals surface area contributed by atoms with Crippen LogP contribution in [0.2, 0.25) is 0 Å². The van der Waals surface area contributed by atoms with Crippen LogP contribution in [0.3, 0.4) is 0 Å². The molecular formula is C13H22N4. The Balaban J connectivity index is 2.05. The minimum atomic E-state index is 0.465. The molecule has 1 unspecified atom stereocenters. The summed E-state index contributed by atoms with van der Waals surface area (Å²) in [5.41, 5.74) is 6.48. The lowest BCUT2D eigenvalue weighted by Crippen LogP contribution is -2.25. The van der Waals surface area contributed by atoms with Crippen LogP contribution >= 0.6 is 0 Å². The van der Waals surface area contributed by atoms with Crippen molar-refractivity contribution in [3.8, 4) is 0 Å². The highest BCUT2D eigenvalue weighted by Gasteiger charge is 2.16. The molecule has 2 heterocycles. The molecule has 0 spiro atoms. The smallest absolute Gasteiger partial charge is 0.147 e. The van der Waals surface area contributed by atoms with E-state index in [1.165, 1.54) is 25.7 Å². The first-order valence-electron chi connectivity index (χ1n) is 6.59. The molecule has 1 aliphatic rings. The van der Waals surface area contributed by atoms with E-state index in [0.717, 1.165) is 30.5 Å². The minimum Gasteiger partial charge on any atom is -0.355 e. The van der Waals surface area contributed by atoms with Gasteiger partial charge >= 0.3 is 0 Å². The highest BCUT2D eigenvalue weighted by molar-refractivity contribution is 5.36. The molecule has 17 heavy (non-hydrogen) atoms. The van der Waals surface area contributed by atoms with Crippen molar-refractivity contribution >= 4 is 5.82 Å². The lowest BCUT2D eigenvalue weighted by Gasteiger charge is -2.21. The number of rotatable bonds is 3. The van der Waals surface area contributed by atoms with Crippen LogP contribution in [0.1, 0.15) is 38.3 Å². The van der Waals surface area contributed by atoms with Gasteiger partial charge in [-0.1, -0.05) is 13.3 Å². The van der Waals surface area contributed by atoms with E-state index in [1.54, 1.807) is 6.20 Å². The Morgan fingerprint density at radius 1 is 1.35 bits per heavy atom. The number of hydrogen-bond donors (Lipinski definition) is 1. The predicted molar refractivity (Wildman–Crippen MR) is 69.8 cm³/mol. The third-order valence-corrected chi connectivity index (χ3v) is 3.63. The quantitative estimate of drug-likeness (QED) is 0.868. The van der Waals surface area contributed by atoms with Gasteiger partial charge < -0.3 is 10.6 Å². The van der Waals surface area contributed by atoms with Crippen molar-refractivity contribution in [2.24, 2.45) is 11.7 Å². The molecule has 2 N–H and O–H groups in total. The molecule has 1 aliphatic heterocycles. The summed E-state index contributed by atoms with van der Waals surface area (Å²) in [6.45, 7) is 4.95. The molecule has 0 radical (unpaired) electrons. The van der Waals surface area contributed by atoms with Crippen molar-refractivity contribution in [2.75, 3.05) is 18.0 Å². The van der Waals surface area contributed by atoms with Gasteiger partial charge in [0.15, 0.2) is 0 Å². The molecule has 1 aromatic rings. The van der Waals surface area contributed by atoms with Crippen LogP contribution in [0, 0.1) is 5.92 Å². The second-order valence-electron chi connectivity index (χ2n) is 4.76. The second-order valence-corrected chi connectivity index (χ2v) is 4.76. The van der Waals surface area contributed by atoms with Gasteiger partial charge in [-0.15, -0.1) is 0 Å². The van der Waals surface area contributed by atoms with Gasteiger partial charge in [-0.3, -0.25) is 4.98 Å². The number of nitrogens with zero attached hydrogens (tertiary/aromatic N) is 3. The maximum absolute atomic E-state index is 5.60. The number of hydrogen-bond acceptors (Lipinski definition) is 4. The molecule has 1 saturated heterocycles. The number of aromatic nitrogens is 2. The van der Waals surface area contributed by atoms with E-state index in [9.17, 15) is 0 Å². The van der Waals surface area contributed by atoms with E-state index in [1.807, 2.05) is 6.20 Å². The normalized spacial score (nSPS) is 21.3. The molecular weight excluding hydrogens is 212 g/mol. The van der Waals surface area contributed by atoms with Crippen LogP contribution < -0.4 is 10.6 Å². The van der Waals surface area contributed by atoms with Crippen LogP contribution in [0.5, 0.6) is 0 Å². The van der Waals surface area contributed by atoms with Gasteiger partial charge in [0.1, 0.15) is 5.82 Å². The molecule has 0 aromatic carbocycles. The van der Waals surface area contributed by atoms with E-state index in [4.69, 9.17) is 5.73 Å². The van der Waals surface area contributed by atoms with Gasteiger partial charge in [0.2, 0.25) is 0 Å². The molecule has 4 nitrogen and oxygen atoms in total. The molecule has 1 atom stereocenters. The molecule has 4 heteroatoms. The van der Waals surface area contributed by atoms with Crippen LogP contribution in [0.25, 0.3) is 0 Å². The van der Waals surface area contributed by atoms with Gasteiger partial charge in [-0.2, -0.15) is 0 Å². The van der Waals surface area contributed by atoms with Gasteiger partial charge in [0.05, 0.1) is 11.9 Å². The fraction of sp³-hybridized carbons (Fsp3) is 0.692. The summed E-state index contributed by atoms with van der Waals surface area (Å²) in [7, 11) is 0. The van der Waals surface area contributed by atoms with Crippen molar-refractivity contribution in [1.29, 1.82) is 0 Å². The standard InChI is InChI=1S/C13H22N4/c1-2-11-4-3-6-17(7-5-11)13-10-15-9-12(8-14)16-13/h9-11H,2-8,14H2,1H3. The lowest BCUT2D eigenvalue weighted by atomic mass is 9.98. The maximum Gasteiger partial charge on any atom is 0.147 e. The lowest BCUT2D eigenvalue weighted by molar-refractivity contribution is 0.459. The summed E-state index contributed by atoms with van der Waals surface area (Å²) in [6.07, 6.45) is 8.76. The summed E-state index contributed by atoms with van der Waals surface area (Å²) >= 11 is 0. The van der Waals surface area contributed by atoms with Crippen LogP contribution in [0.15, 0.2) is 12.4 Å². The Bertz CT molecular complexity index is 353. The third-order valence-electron chi connectivity index (χ3n) is 3.63. The fourth-order valence-corrected chi connectivity index (χ4v) is 2.45. The van der Waals surface area contributed by atoms with Crippen molar-refractivity contribution in [3.05, 3.63) is 18.1 Å². The zero-order valence-electron chi connectivity index (χ0n) is 10.6. The monoisotopic (exact) mass is 234 g/mol. The Morgan fingerprint density at radius 3 is 3.00 bits per heavy atom. The Labute approximate surface area is 103 Å². The van der Waals surface area contributed by atoms with Gasteiger partial charge in [-0.25, -0.2) is 4.98 Å². The molecule has 0 saturated carbocycles. The summed E-state index contributed by atoms with van der Waals surface area (Å²) in [4.78, 5) is 11.1. The first-order chi connectivity index (χ1) is 8.33. The zero-order chi connectivity index (χ0) is 12.1. The third kappa shape index (κ3) is 3.16. The average molecular weight is 234 g/mol. The van der Waals surface area contributed by atoms with E-state index in [2.05, 4.69) is 21.8 Å². The van der Waals surface area contributed by atoms with E-state index in [0.29, 0.717) is 6.54 Å². The maximum atomic E-state index is 5.60. The van der Waals surface area contributed by atoms with Gasteiger partial charge in [0.25, 0.3) is 0 Å². The molecule has 2 rings (SSSR count). The van der Waals surface area contributed by atoms with E-state index in [-0.39, 0.29) is 0 Å². The van der Waals surface area contributed by atoms with Crippen molar-refractivity contribution in [2.45, 2.75) is 39.2 Å². The van der Waals surface area contributed by atoms with Crippen LogP contribution in [-0.4, -0.2) is 23.1 Å². The molecule has 0 bridgehead atoms. The average Bonchev–Trinajstić information content (AvgIpc) is 2.64. The van der Waals surface area contributed by atoms with Crippen LogP contribution in [-0.2, 0) is 6.54 Å². The fourth-order valence-electron chi connectivity index (χ4n) is 2.45. The van der Waals surface area contributed by atoms with E-state index >= 15 is 0 Å². The number of nitrogens with two attached hydrogens (primary N) is 1. The predicted octanol–water partition coefficient (Wildman–Crippen LogP) is 1.95. The molecule has 1 fully saturated rings. The van der Waals surface area contributed by atoms with Gasteiger partial charge in [0, 0.05) is 25.8 Å². The highest BCUT2D eigenvalue weighted by Crippen LogP contribution is 2.22. The topological polar surface area (TPSA) is 55.0 Å². The van der Waals surface area contributed by atoms with Crippen LogP contribution in [0.4, 0.5) is 5.82 Å². The first kappa shape index (κ1) is 12.3. The minimum absolute atomic E-state index is 0.465. The molecule has 0 aliphatic carbocycles. The second kappa shape index (κ2) is 5.96. The van der Waals surface area contributed by atoms with Crippen molar-refractivity contribution in [3.63, 3.8) is 0 Å².